The summed E-state index contributed by atoms with van der Waals surface area (Å²) in [4.78, 5) is 25.2. The molecule has 0 aliphatic rings. The first-order valence-corrected chi connectivity index (χ1v) is 5.92. The van der Waals surface area contributed by atoms with Gasteiger partial charge in [-0.1, -0.05) is 0 Å². The average molecular weight is 292 g/mol. The smallest absolute Gasteiger partial charge is 0.406 e. The van der Waals surface area contributed by atoms with Crippen molar-refractivity contribution < 1.29 is 23.6 Å². The molecule has 0 spiro atoms. The van der Waals surface area contributed by atoms with Gasteiger partial charge in [-0.25, -0.2) is 4.79 Å². The summed E-state index contributed by atoms with van der Waals surface area (Å²) >= 11 is 0. The van der Waals surface area contributed by atoms with Crippen LogP contribution in [0.5, 0.6) is 5.75 Å². The Morgan fingerprint density at radius 1 is 1.52 bits per heavy atom. The molecule has 2 rings (SSSR count). The fourth-order valence-corrected chi connectivity index (χ4v) is 1.71. The summed E-state index contributed by atoms with van der Waals surface area (Å²) in [6.45, 7) is 1.55. The number of methoxy groups -OCH3 is 1. The highest BCUT2D eigenvalue weighted by Crippen LogP contribution is 2.25. The van der Waals surface area contributed by atoms with Crippen LogP contribution in [0.25, 0.3) is 0 Å². The van der Waals surface area contributed by atoms with E-state index in [0.717, 1.165) is 0 Å². The van der Waals surface area contributed by atoms with E-state index < -0.39 is 10.9 Å². The summed E-state index contributed by atoms with van der Waals surface area (Å²) < 4.78 is 15.3. The van der Waals surface area contributed by atoms with E-state index in [2.05, 4.69) is 9.72 Å². The minimum Gasteiger partial charge on any atom is -0.477 e. The quantitative estimate of drug-likeness (QED) is 0.472. The lowest BCUT2D eigenvalue weighted by Crippen LogP contribution is -2.01. The van der Waals surface area contributed by atoms with Crippen LogP contribution in [-0.4, -0.2) is 23.0 Å². The van der Waals surface area contributed by atoms with Gasteiger partial charge in [0.25, 0.3) is 0 Å². The Morgan fingerprint density at radius 2 is 2.29 bits per heavy atom. The minimum atomic E-state index is -0.636. The summed E-state index contributed by atoms with van der Waals surface area (Å²) in [6.07, 6.45) is 1.30. The topological polar surface area (TPSA) is 105 Å². The van der Waals surface area contributed by atoms with Gasteiger partial charge in [-0.15, -0.1) is 0 Å². The standard InChI is InChI=1S/C13H12N2O6/c1-8-10(13(16)19-2)6-9(21-8)7-20-11-4-3-5-14-12(11)15(17)18/h3-6H,7H2,1-2H3. The number of hydrogen-bond acceptors (Lipinski definition) is 7. The fourth-order valence-electron chi connectivity index (χ4n) is 1.71. The molecule has 0 atom stereocenters. The number of hydrogen-bond donors (Lipinski definition) is 0. The van der Waals surface area contributed by atoms with E-state index >= 15 is 0 Å². The lowest BCUT2D eigenvalue weighted by atomic mass is 10.2. The molecule has 0 fully saturated rings. The first-order chi connectivity index (χ1) is 10.0. The zero-order valence-corrected chi connectivity index (χ0v) is 11.4. The number of aromatic nitrogens is 1. The zero-order chi connectivity index (χ0) is 15.4. The van der Waals surface area contributed by atoms with Crippen molar-refractivity contribution in [3.63, 3.8) is 0 Å². The predicted molar refractivity (Wildman–Crippen MR) is 70.0 cm³/mol. The molecule has 2 aromatic rings. The SMILES string of the molecule is COC(=O)c1cc(COc2cccnc2[N+](=O)[O-])oc1C. The second-order valence-electron chi connectivity index (χ2n) is 4.05. The van der Waals surface area contributed by atoms with Crippen molar-refractivity contribution in [1.82, 2.24) is 4.98 Å². The van der Waals surface area contributed by atoms with Crippen molar-refractivity contribution in [3.8, 4) is 5.75 Å². The second kappa shape index (κ2) is 6.04. The van der Waals surface area contributed by atoms with Gasteiger partial charge < -0.3 is 24.0 Å². The Bertz CT molecular complexity index is 679. The molecule has 21 heavy (non-hydrogen) atoms. The van der Waals surface area contributed by atoms with Gasteiger partial charge >= 0.3 is 11.8 Å². The maximum Gasteiger partial charge on any atom is 0.406 e. The van der Waals surface area contributed by atoms with Crippen molar-refractivity contribution >= 4 is 11.8 Å². The zero-order valence-electron chi connectivity index (χ0n) is 11.4. The highest BCUT2D eigenvalue weighted by atomic mass is 16.6. The third-order valence-electron chi connectivity index (χ3n) is 2.67. The minimum absolute atomic E-state index is 0.0242. The lowest BCUT2D eigenvalue weighted by Gasteiger charge is -2.03. The maximum absolute atomic E-state index is 11.4. The van der Waals surface area contributed by atoms with Gasteiger partial charge in [-0.2, -0.15) is 0 Å². The number of esters is 1. The molecule has 8 heteroatoms. The summed E-state index contributed by atoms with van der Waals surface area (Å²) in [5.74, 6) is -0.132. The summed E-state index contributed by atoms with van der Waals surface area (Å²) in [5, 5.41) is 10.8. The van der Waals surface area contributed by atoms with Crippen LogP contribution in [0.1, 0.15) is 21.9 Å². The van der Waals surface area contributed by atoms with E-state index in [4.69, 9.17) is 9.15 Å². The van der Waals surface area contributed by atoms with E-state index in [1.165, 1.54) is 31.5 Å². The highest BCUT2D eigenvalue weighted by molar-refractivity contribution is 5.90. The van der Waals surface area contributed by atoms with Crippen molar-refractivity contribution in [2.24, 2.45) is 0 Å². The van der Waals surface area contributed by atoms with Gasteiger partial charge in [-0.05, 0) is 35.0 Å². The summed E-state index contributed by atoms with van der Waals surface area (Å²) in [6, 6.07) is 4.43. The van der Waals surface area contributed by atoms with Crippen LogP contribution in [-0.2, 0) is 11.3 Å². The molecule has 0 bridgehead atoms. The van der Waals surface area contributed by atoms with Crippen LogP contribution in [0, 0.1) is 17.0 Å². The molecule has 2 aromatic heterocycles. The number of furan rings is 1. The number of carbonyl (C=O) groups is 1. The lowest BCUT2D eigenvalue weighted by molar-refractivity contribution is -0.390. The van der Waals surface area contributed by atoms with Gasteiger partial charge in [0, 0.05) is 0 Å². The van der Waals surface area contributed by atoms with Gasteiger partial charge in [0.2, 0.25) is 5.75 Å². The molecule has 0 unspecified atom stereocenters. The highest BCUT2D eigenvalue weighted by Gasteiger charge is 2.18. The molecule has 0 aliphatic heterocycles. The van der Waals surface area contributed by atoms with Crippen LogP contribution in [0.2, 0.25) is 0 Å². The number of carbonyl (C=O) groups excluding carboxylic acids is 1. The van der Waals surface area contributed by atoms with Crippen molar-refractivity contribution in [2.75, 3.05) is 7.11 Å². The Hall–Kier alpha value is -2.90. The molecule has 0 saturated heterocycles. The van der Waals surface area contributed by atoms with Crippen LogP contribution >= 0.6 is 0 Å². The first kappa shape index (κ1) is 14.5. The molecule has 0 aliphatic carbocycles. The monoisotopic (exact) mass is 292 g/mol. The van der Waals surface area contributed by atoms with Crippen LogP contribution in [0.4, 0.5) is 5.82 Å². The molecule has 0 amide bonds. The van der Waals surface area contributed by atoms with Crippen molar-refractivity contribution in [1.29, 1.82) is 0 Å². The molecule has 0 saturated carbocycles. The number of aryl methyl sites for hydroxylation is 1. The molecule has 0 aromatic carbocycles. The second-order valence-corrected chi connectivity index (χ2v) is 4.05. The third kappa shape index (κ3) is 3.16. The number of nitro groups is 1. The number of rotatable bonds is 5. The Balaban J connectivity index is 2.14. The van der Waals surface area contributed by atoms with Crippen LogP contribution in [0.15, 0.2) is 28.8 Å². The predicted octanol–water partition coefficient (Wildman–Crippen LogP) is 2.26. The molecule has 0 radical (unpaired) electrons. The van der Waals surface area contributed by atoms with E-state index in [1.807, 2.05) is 0 Å². The van der Waals surface area contributed by atoms with E-state index in [1.54, 1.807) is 6.92 Å². The molecular weight excluding hydrogens is 280 g/mol. The Kier molecular flexibility index (Phi) is 4.17. The normalized spacial score (nSPS) is 10.2. The Morgan fingerprint density at radius 3 is 2.95 bits per heavy atom. The maximum atomic E-state index is 11.4. The van der Waals surface area contributed by atoms with Crippen molar-refractivity contribution in [2.45, 2.75) is 13.5 Å². The van der Waals surface area contributed by atoms with Gasteiger partial charge in [0.15, 0.2) is 0 Å². The largest absolute Gasteiger partial charge is 0.477 e. The number of ether oxygens (including phenoxy) is 2. The van der Waals surface area contributed by atoms with Gasteiger partial charge in [0.1, 0.15) is 29.9 Å². The van der Waals surface area contributed by atoms with Crippen LogP contribution in [0.3, 0.4) is 0 Å². The van der Waals surface area contributed by atoms with Crippen molar-refractivity contribution in [3.05, 3.63) is 51.6 Å². The first-order valence-electron chi connectivity index (χ1n) is 5.92. The van der Waals surface area contributed by atoms with E-state index in [9.17, 15) is 14.9 Å². The molecule has 0 N–H and O–H groups in total. The fraction of sp³-hybridized carbons (Fsp3) is 0.231. The Labute approximate surface area is 119 Å². The number of pyridine rings is 1. The van der Waals surface area contributed by atoms with Gasteiger partial charge in [0.05, 0.1) is 7.11 Å². The molecule has 110 valence electrons. The molecular formula is C13H12N2O6. The van der Waals surface area contributed by atoms with Gasteiger partial charge in [-0.3, -0.25) is 0 Å². The molecule has 2 heterocycles. The van der Waals surface area contributed by atoms with Crippen LogP contribution < -0.4 is 4.74 Å². The summed E-state index contributed by atoms with van der Waals surface area (Å²) in [5.41, 5.74) is 0.289. The average Bonchev–Trinajstić information content (AvgIpc) is 2.85. The third-order valence-corrected chi connectivity index (χ3v) is 2.67. The summed E-state index contributed by atoms with van der Waals surface area (Å²) in [7, 11) is 1.27. The number of nitrogens with zero attached hydrogens (tertiary/aromatic N) is 2. The molecule has 8 nitrogen and oxygen atoms in total. The van der Waals surface area contributed by atoms with E-state index in [-0.39, 0.29) is 23.7 Å². The van der Waals surface area contributed by atoms with E-state index in [0.29, 0.717) is 11.5 Å².